The van der Waals surface area contributed by atoms with Crippen LogP contribution in [-0.4, -0.2) is 18.2 Å². The molecule has 0 fully saturated rings. The van der Waals surface area contributed by atoms with Crippen LogP contribution in [0.2, 0.25) is 0 Å². The molecule has 0 spiro atoms. The minimum absolute atomic E-state index is 0.0344. The Hall–Kier alpha value is -0.750. The van der Waals surface area contributed by atoms with Gasteiger partial charge in [0.1, 0.15) is 23.0 Å². The van der Waals surface area contributed by atoms with Crippen LogP contribution in [0.1, 0.15) is 40.5 Å². The number of carbonyl (C=O) groups excluding carboxylic acids is 2. The van der Waals surface area contributed by atoms with Gasteiger partial charge in [-0.3, -0.25) is 9.59 Å². The third kappa shape index (κ3) is 3.68. The van der Waals surface area contributed by atoms with Crippen molar-refractivity contribution in [1.29, 1.82) is 0 Å². The second kappa shape index (κ2) is 6.75. The average Bonchev–Trinajstić information content (AvgIpc) is 2.35. The second-order valence-electron chi connectivity index (χ2n) is 3.34. The Bertz CT molecular complexity index is 370. The molecule has 16 heavy (non-hydrogen) atoms. The van der Waals surface area contributed by atoms with Crippen molar-refractivity contribution in [1.82, 2.24) is 0 Å². The molecule has 0 bridgehead atoms. The van der Waals surface area contributed by atoms with E-state index in [0.29, 0.717) is 30.6 Å². The first kappa shape index (κ1) is 13.3. The Labute approximate surface area is 109 Å². The summed E-state index contributed by atoms with van der Waals surface area (Å²) in [6.45, 7) is 2.23. The first-order chi connectivity index (χ1) is 7.69. The minimum Gasteiger partial charge on any atom is -0.315 e. The van der Waals surface area contributed by atoms with Crippen LogP contribution in [0.25, 0.3) is 0 Å². The molecule has 0 aromatic heterocycles. The monoisotopic (exact) mass is 332 g/mol. The fourth-order valence-corrected chi connectivity index (χ4v) is 1.54. The maximum Gasteiger partial charge on any atom is 0.165 e. The van der Waals surface area contributed by atoms with E-state index in [2.05, 4.69) is 0 Å². The van der Waals surface area contributed by atoms with E-state index in [-0.39, 0.29) is 11.6 Å². The van der Waals surface area contributed by atoms with Crippen molar-refractivity contribution in [2.75, 3.05) is 6.61 Å². The normalized spacial score (nSPS) is 10.1. The summed E-state index contributed by atoms with van der Waals surface area (Å²) in [6, 6.07) is 6.78. The first-order valence-corrected chi connectivity index (χ1v) is 5.97. The van der Waals surface area contributed by atoms with Crippen molar-refractivity contribution in [3.8, 4) is 0 Å². The zero-order valence-electron chi connectivity index (χ0n) is 9.03. The molecule has 0 saturated carbocycles. The molecule has 86 valence electrons. The molecule has 1 aromatic rings. The molecule has 0 aliphatic carbocycles. The second-order valence-corrected chi connectivity index (χ2v) is 3.96. The van der Waals surface area contributed by atoms with Crippen molar-refractivity contribution in [2.45, 2.75) is 19.8 Å². The number of benzene rings is 1. The molecule has 1 rings (SSSR count). The molecular formula is C12H13IO3. The number of ketones is 2. The summed E-state index contributed by atoms with van der Waals surface area (Å²) in [6.07, 6.45) is 0.847. The van der Waals surface area contributed by atoms with Gasteiger partial charge in [-0.15, -0.1) is 0 Å². The van der Waals surface area contributed by atoms with Gasteiger partial charge in [0.05, 0.1) is 6.61 Å². The Morgan fingerprint density at radius 2 is 1.62 bits per heavy atom. The molecule has 0 N–H and O–H groups in total. The number of rotatable bonds is 6. The highest BCUT2D eigenvalue weighted by Crippen LogP contribution is 2.09. The van der Waals surface area contributed by atoms with Gasteiger partial charge in [0.25, 0.3) is 0 Å². The molecule has 1 aromatic carbocycles. The quantitative estimate of drug-likeness (QED) is 0.593. The lowest BCUT2D eigenvalue weighted by atomic mass is 10.0. The Morgan fingerprint density at radius 1 is 1.12 bits per heavy atom. The highest BCUT2D eigenvalue weighted by molar-refractivity contribution is 14.1. The Kier molecular flexibility index (Phi) is 5.62. The number of carbonyl (C=O) groups is 2. The summed E-state index contributed by atoms with van der Waals surface area (Å²) < 4.78 is 4.81. The molecular weight excluding hydrogens is 319 g/mol. The summed E-state index contributed by atoms with van der Waals surface area (Å²) in [7, 11) is 0. The van der Waals surface area contributed by atoms with Gasteiger partial charge in [-0.05, 0) is 0 Å². The molecule has 0 atom stereocenters. The molecule has 4 heteroatoms. The van der Waals surface area contributed by atoms with Gasteiger partial charge in [0.15, 0.2) is 11.6 Å². The first-order valence-electron chi connectivity index (χ1n) is 5.09. The standard InChI is InChI=1S/C12H13IO3/c1-2-11(14)9-3-5-10(6-4-9)12(15)7-8-16-13/h3-6H,2,7-8H2,1H3. The lowest BCUT2D eigenvalue weighted by Gasteiger charge is -2.01. The third-order valence-electron chi connectivity index (χ3n) is 2.26. The van der Waals surface area contributed by atoms with Crippen LogP contribution in [0, 0.1) is 0 Å². The molecule has 0 amide bonds. The van der Waals surface area contributed by atoms with E-state index in [4.69, 9.17) is 3.07 Å². The topological polar surface area (TPSA) is 43.4 Å². The maximum atomic E-state index is 11.6. The largest absolute Gasteiger partial charge is 0.315 e. The van der Waals surface area contributed by atoms with E-state index in [0.717, 1.165) is 0 Å². The third-order valence-corrected chi connectivity index (χ3v) is 2.70. The van der Waals surface area contributed by atoms with Gasteiger partial charge in [0, 0.05) is 24.0 Å². The fourth-order valence-electron chi connectivity index (χ4n) is 1.32. The molecule has 0 heterocycles. The number of hydrogen-bond acceptors (Lipinski definition) is 3. The highest BCUT2D eigenvalue weighted by Gasteiger charge is 2.07. The van der Waals surface area contributed by atoms with Gasteiger partial charge in [-0.25, -0.2) is 0 Å². The zero-order valence-corrected chi connectivity index (χ0v) is 11.2. The fraction of sp³-hybridized carbons (Fsp3) is 0.333. The Morgan fingerprint density at radius 3 is 2.06 bits per heavy atom. The highest BCUT2D eigenvalue weighted by atomic mass is 127. The summed E-state index contributed by atoms with van der Waals surface area (Å²) in [5.74, 6) is 0.127. The van der Waals surface area contributed by atoms with Crippen molar-refractivity contribution >= 4 is 34.6 Å². The van der Waals surface area contributed by atoms with E-state index < -0.39 is 0 Å². The van der Waals surface area contributed by atoms with E-state index >= 15 is 0 Å². The van der Waals surface area contributed by atoms with Crippen LogP contribution in [0.15, 0.2) is 24.3 Å². The number of halogens is 1. The molecule has 3 nitrogen and oxygen atoms in total. The molecule has 0 unspecified atom stereocenters. The van der Waals surface area contributed by atoms with E-state index in [1.54, 1.807) is 47.3 Å². The van der Waals surface area contributed by atoms with Crippen molar-refractivity contribution in [3.05, 3.63) is 35.4 Å². The summed E-state index contributed by atoms with van der Waals surface area (Å²) in [5, 5.41) is 0. The lowest BCUT2D eigenvalue weighted by molar-refractivity contribution is 0.0964. The van der Waals surface area contributed by atoms with Crippen LogP contribution in [0.4, 0.5) is 0 Å². The lowest BCUT2D eigenvalue weighted by Crippen LogP contribution is -2.03. The SMILES string of the molecule is CCC(=O)c1ccc(C(=O)CCOI)cc1. The molecule has 0 saturated heterocycles. The van der Waals surface area contributed by atoms with E-state index in [1.165, 1.54) is 0 Å². The average molecular weight is 332 g/mol. The maximum absolute atomic E-state index is 11.6. The zero-order chi connectivity index (χ0) is 12.0. The van der Waals surface area contributed by atoms with Crippen LogP contribution < -0.4 is 0 Å². The van der Waals surface area contributed by atoms with Crippen molar-refractivity contribution in [2.24, 2.45) is 0 Å². The predicted molar refractivity (Wildman–Crippen MR) is 70.0 cm³/mol. The van der Waals surface area contributed by atoms with E-state index in [1.807, 2.05) is 6.92 Å². The number of hydrogen-bond donors (Lipinski definition) is 0. The van der Waals surface area contributed by atoms with Gasteiger partial charge < -0.3 is 3.07 Å². The van der Waals surface area contributed by atoms with Crippen LogP contribution in [0.5, 0.6) is 0 Å². The van der Waals surface area contributed by atoms with Crippen molar-refractivity contribution < 1.29 is 12.7 Å². The minimum atomic E-state index is 0.0344. The summed E-state index contributed by atoms with van der Waals surface area (Å²) in [4.78, 5) is 22.9. The van der Waals surface area contributed by atoms with E-state index in [9.17, 15) is 9.59 Å². The van der Waals surface area contributed by atoms with Gasteiger partial charge >= 0.3 is 0 Å². The smallest absolute Gasteiger partial charge is 0.165 e. The Balaban J connectivity index is 2.71. The number of Topliss-reactive ketones (excluding diaryl/α,β-unsaturated/α-hetero) is 2. The van der Waals surface area contributed by atoms with Crippen LogP contribution >= 0.6 is 23.0 Å². The van der Waals surface area contributed by atoms with Gasteiger partial charge in [-0.2, -0.15) is 0 Å². The predicted octanol–water partition coefficient (Wildman–Crippen LogP) is 3.22. The van der Waals surface area contributed by atoms with Gasteiger partial charge in [-0.1, -0.05) is 31.2 Å². The summed E-state index contributed by atoms with van der Waals surface area (Å²) >= 11 is 1.76. The van der Waals surface area contributed by atoms with Crippen LogP contribution in [-0.2, 0) is 3.07 Å². The molecule has 0 radical (unpaired) electrons. The van der Waals surface area contributed by atoms with Gasteiger partial charge in [0.2, 0.25) is 0 Å². The molecule has 0 aliphatic heterocycles. The van der Waals surface area contributed by atoms with Crippen molar-refractivity contribution in [3.63, 3.8) is 0 Å². The summed E-state index contributed by atoms with van der Waals surface area (Å²) in [5.41, 5.74) is 1.28. The molecule has 0 aliphatic rings. The van der Waals surface area contributed by atoms with Crippen LogP contribution in [0.3, 0.4) is 0 Å².